The van der Waals surface area contributed by atoms with Crippen LogP contribution in [0.15, 0.2) is 36.5 Å². The summed E-state index contributed by atoms with van der Waals surface area (Å²) in [6.45, 7) is 11.7. The molecule has 0 aliphatic heterocycles. The Morgan fingerprint density at radius 3 is 2.33 bits per heavy atom. The summed E-state index contributed by atoms with van der Waals surface area (Å²) in [6, 6.07) is 10.4. The molecule has 1 unspecified atom stereocenters. The Kier molecular flexibility index (Phi) is 6.47. The maximum absolute atomic E-state index is 5.76. The lowest BCUT2D eigenvalue weighted by atomic mass is 9.95. The van der Waals surface area contributed by atoms with Crippen molar-refractivity contribution in [2.24, 2.45) is 5.92 Å². The molecule has 0 amide bonds. The highest BCUT2D eigenvalue weighted by Crippen LogP contribution is 2.34. The number of hydrogen-bond donors (Lipinski definition) is 1. The SMILES string of the molecule is CCOc1ccc(C(Nc2cc(C)ccn2)C(C)C)cc1OCC. The summed E-state index contributed by atoms with van der Waals surface area (Å²) < 4.78 is 11.4. The van der Waals surface area contributed by atoms with Crippen molar-refractivity contribution >= 4 is 5.82 Å². The molecule has 0 bridgehead atoms. The Morgan fingerprint density at radius 1 is 1.00 bits per heavy atom. The summed E-state index contributed by atoms with van der Waals surface area (Å²) >= 11 is 0. The Hall–Kier alpha value is -2.23. The molecule has 0 saturated heterocycles. The lowest BCUT2D eigenvalue weighted by Crippen LogP contribution is -2.18. The van der Waals surface area contributed by atoms with Crippen LogP contribution in [0.5, 0.6) is 11.5 Å². The van der Waals surface area contributed by atoms with Gasteiger partial charge in [-0.1, -0.05) is 19.9 Å². The highest BCUT2D eigenvalue weighted by atomic mass is 16.5. The molecule has 1 aromatic heterocycles. The first kappa shape index (κ1) is 18.1. The number of anilines is 1. The number of ether oxygens (including phenoxy) is 2. The van der Waals surface area contributed by atoms with Crippen molar-refractivity contribution in [2.45, 2.75) is 40.7 Å². The highest BCUT2D eigenvalue weighted by molar-refractivity contribution is 5.47. The van der Waals surface area contributed by atoms with Crippen LogP contribution in [-0.4, -0.2) is 18.2 Å². The molecule has 2 aromatic rings. The van der Waals surface area contributed by atoms with Crippen LogP contribution in [0.2, 0.25) is 0 Å². The summed E-state index contributed by atoms with van der Waals surface area (Å²) in [5.74, 6) is 2.88. The topological polar surface area (TPSA) is 43.4 Å². The maximum Gasteiger partial charge on any atom is 0.161 e. The van der Waals surface area contributed by atoms with Gasteiger partial charge in [-0.25, -0.2) is 4.98 Å². The van der Waals surface area contributed by atoms with Crippen LogP contribution >= 0.6 is 0 Å². The summed E-state index contributed by atoms with van der Waals surface area (Å²) in [5, 5.41) is 3.55. The highest BCUT2D eigenvalue weighted by Gasteiger charge is 2.18. The van der Waals surface area contributed by atoms with E-state index in [-0.39, 0.29) is 6.04 Å². The van der Waals surface area contributed by atoms with E-state index in [4.69, 9.17) is 9.47 Å². The second-order valence-electron chi connectivity index (χ2n) is 6.16. The second-order valence-corrected chi connectivity index (χ2v) is 6.16. The zero-order valence-electron chi connectivity index (χ0n) is 15.3. The summed E-state index contributed by atoms with van der Waals surface area (Å²) in [5.41, 5.74) is 2.36. The molecule has 0 aliphatic rings. The predicted octanol–water partition coefficient (Wildman–Crippen LogP) is 5.00. The number of aryl methyl sites for hydroxylation is 1. The predicted molar refractivity (Wildman–Crippen MR) is 99.0 cm³/mol. The first-order valence-corrected chi connectivity index (χ1v) is 8.63. The van der Waals surface area contributed by atoms with Gasteiger partial charge in [0.05, 0.1) is 19.3 Å². The monoisotopic (exact) mass is 328 g/mol. The van der Waals surface area contributed by atoms with E-state index in [0.29, 0.717) is 19.1 Å². The fourth-order valence-corrected chi connectivity index (χ4v) is 2.67. The molecular weight excluding hydrogens is 300 g/mol. The van der Waals surface area contributed by atoms with Gasteiger partial charge in [0.1, 0.15) is 5.82 Å². The van der Waals surface area contributed by atoms with E-state index in [2.05, 4.69) is 49.3 Å². The standard InChI is InChI=1S/C20H28N2O2/c1-6-23-17-9-8-16(13-18(17)24-7-2)20(14(3)4)22-19-12-15(5)10-11-21-19/h8-14,20H,6-7H2,1-5H3,(H,21,22). The van der Waals surface area contributed by atoms with Gasteiger partial charge >= 0.3 is 0 Å². The quantitative estimate of drug-likeness (QED) is 0.741. The van der Waals surface area contributed by atoms with E-state index < -0.39 is 0 Å². The van der Waals surface area contributed by atoms with E-state index in [1.807, 2.05) is 32.2 Å². The Balaban J connectivity index is 2.31. The van der Waals surface area contributed by atoms with Gasteiger partial charge in [-0.2, -0.15) is 0 Å². The van der Waals surface area contributed by atoms with Gasteiger partial charge in [0.25, 0.3) is 0 Å². The first-order valence-electron chi connectivity index (χ1n) is 8.63. The Morgan fingerprint density at radius 2 is 1.71 bits per heavy atom. The molecule has 24 heavy (non-hydrogen) atoms. The molecule has 0 fully saturated rings. The van der Waals surface area contributed by atoms with E-state index in [0.717, 1.165) is 17.3 Å². The van der Waals surface area contributed by atoms with Crippen molar-refractivity contribution in [3.8, 4) is 11.5 Å². The van der Waals surface area contributed by atoms with Crippen LogP contribution < -0.4 is 14.8 Å². The normalized spacial score (nSPS) is 12.1. The molecule has 4 nitrogen and oxygen atoms in total. The molecule has 4 heteroatoms. The molecule has 0 spiro atoms. The average molecular weight is 328 g/mol. The molecule has 1 heterocycles. The molecule has 2 rings (SSSR count). The molecule has 1 N–H and O–H groups in total. The molecular formula is C20H28N2O2. The van der Waals surface area contributed by atoms with Gasteiger partial charge in [0, 0.05) is 6.20 Å². The lowest BCUT2D eigenvalue weighted by molar-refractivity contribution is 0.287. The van der Waals surface area contributed by atoms with E-state index in [9.17, 15) is 0 Å². The molecule has 0 saturated carbocycles. The van der Waals surface area contributed by atoms with Crippen LogP contribution in [0.1, 0.15) is 44.9 Å². The third kappa shape index (κ3) is 4.63. The van der Waals surface area contributed by atoms with E-state index >= 15 is 0 Å². The number of aromatic nitrogens is 1. The maximum atomic E-state index is 5.76. The van der Waals surface area contributed by atoms with Crippen molar-refractivity contribution < 1.29 is 9.47 Å². The van der Waals surface area contributed by atoms with Gasteiger partial charge in [-0.05, 0) is 62.1 Å². The average Bonchev–Trinajstić information content (AvgIpc) is 2.54. The zero-order valence-corrected chi connectivity index (χ0v) is 15.3. The van der Waals surface area contributed by atoms with Crippen LogP contribution in [0.25, 0.3) is 0 Å². The van der Waals surface area contributed by atoms with E-state index in [1.54, 1.807) is 0 Å². The molecule has 1 atom stereocenters. The first-order chi connectivity index (χ1) is 11.5. The van der Waals surface area contributed by atoms with Gasteiger partial charge in [0.15, 0.2) is 11.5 Å². The van der Waals surface area contributed by atoms with Crippen LogP contribution in [0.3, 0.4) is 0 Å². The van der Waals surface area contributed by atoms with Crippen LogP contribution in [-0.2, 0) is 0 Å². The smallest absolute Gasteiger partial charge is 0.161 e. The van der Waals surface area contributed by atoms with Crippen molar-refractivity contribution in [2.75, 3.05) is 18.5 Å². The molecule has 0 aliphatic carbocycles. The minimum absolute atomic E-state index is 0.147. The number of hydrogen-bond acceptors (Lipinski definition) is 4. The number of rotatable bonds is 8. The zero-order chi connectivity index (χ0) is 17.5. The van der Waals surface area contributed by atoms with Crippen LogP contribution in [0, 0.1) is 12.8 Å². The third-order valence-corrected chi connectivity index (χ3v) is 3.81. The fourth-order valence-electron chi connectivity index (χ4n) is 2.67. The minimum Gasteiger partial charge on any atom is -0.490 e. The Labute approximate surface area is 145 Å². The minimum atomic E-state index is 0.147. The van der Waals surface area contributed by atoms with Crippen LogP contribution in [0.4, 0.5) is 5.82 Å². The molecule has 1 aromatic carbocycles. The second kappa shape index (κ2) is 8.57. The van der Waals surface area contributed by atoms with Gasteiger partial charge in [0.2, 0.25) is 0 Å². The van der Waals surface area contributed by atoms with Crippen molar-refractivity contribution in [1.29, 1.82) is 0 Å². The molecule has 0 radical (unpaired) electrons. The lowest BCUT2D eigenvalue weighted by Gasteiger charge is -2.25. The van der Waals surface area contributed by atoms with Gasteiger partial charge < -0.3 is 14.8 Å². The van der Waals surface area contributed by atoms with E-state index in [1.165, 1.54) is 11.1 Å². The summed E-state index contributed by atoms with van der Waals surface area (Å²) in [7, 11) is 0. The Bertz CT molecular complexity index is 656. The number of pyridine rings is 1. The largest absolute Gasteiger partial charge is 0.490 e. The third-order valence-electron chi connectivity index (χ3n) is 3.81. The number of nitrogens with one attached hydrogen (secondary N) is 1. The molecule has 130 valence electrons. The fraction of sp³-hybridized carbons (Fsp3) is 0.450. The summed E-state index contributed by atoms with van der Waals surface area (Å²) in [4.78, 5) is 4.43. The van der Waals surface area contributed by atoms with Gasteiger partial charge in [-0.15, -0.1) is 0 Å². The number of nitrogens with zero attached hydrogens (tertiary/aromatic N) is 1. The van der Waals surface area contributed by atoms with Crippen molar-refractivity contribution in [3.05, 3.63) is 47.7 Å². The summed E-state index contributed by atoms with van der Waals surface area (Å²) in [6.07, 6.45) is 1.83. The van der Waals surface area contributed by atoms with Gasteiger partial charge in [-0.3, -0.25) is 0 Å². The number of benzene rings is 1. The van der Waals surface area contributed by atoms with Crippen molar-refractivity contribution in [3.63, 3.8) is 0 Å². The van der Waals surface area contributed by atoms with Crippen molar-refractivity contribution in [1.82, 2.24) is 4.98 Å².